The maximum atomic E-state index is 15.0. The SMILES string of the molecule is COc1ccc(Nc2c(F)c(F)c3cc4cc(OC)ccc4nc3c2F)cc1. The fourth-order valence-electron chi connectivity index (χ4n) is 2.99. The van der Waals surface area contributed by atoms with Crippen molar-refractivity contribution in [2.24, 2.45) is 0 Å². The molecule has 0 saturated heterocycles. The van der Waals surface area contributed by atoms with Crippen LogP contribution in [0.15, 0.2) is 48.5 Å². The Morgan fingerprint density at radius 1 is 0.786 bits per heavy atom. The standard InChI is InChI=1S/C21H15F3N2O2/c1-27-13-5-3-12(4-6-13)25-21-18(23)17(22)15-10-11-9-14(28-2)7-8-16(11)26-20(15)19(21)24/h3-10,25H,1-2H3. The van der Waals surface area contributed by atoms with Crippen molar-refractivity contribution < 1.29 is 22.6 Å². The van der Waals surface area contributed by atoms with Gasteiger partial charge in [-0.15, -0.1) is 0 Å². The quantitative estimate of drug-likeness (QED) is 0.369. The molecule has 0 fully saturated rings. The van der Waals surface area contributed by atoms with Crippen LogP contribution in [0.2, 0.25) is 0 Å². The average molecular weight is 384 g/mol. The molecule has 1 aromatic heterocycles. The van der Waals surface area contributed by atoms with Gasteiger partial charge in [-0.05, 0) is 48.5 Å². The molecule has 0 unspecified atom stereocenters. The Morgan fingerprint density at radius 2 is 1.46 bits per heavy atom. The van der Waals surface area contributed by atoms with Gasteiger partial charge in [0.2, 0.25) is 0 Å². The summed E-state index contributed by atoms with van der Waals surface area (Å²) in [6.07, 6.45) is 0. The fourth-order valence-corrected chi connectivity index (χ4v) is 2.99. The molecule has 4 aromatic rings. The van der Waals surface area contributed by atoms with Gasteiger partial charge >= 0.3 is 0 Å². The van der Waals surface area contributed by atoms with Crippen LogP contribution in [0.3, 0.4) is 0 Å². The van der Waals surface area contributed by atoms with Crippen molar-refractivity contribution in [1.82, 2.24) is 4.98 Å². The van der Waals surface area contributed by atoms with E-state index in [4.69, 9.17) is 9.47 Å². The number of halogens is 3. The molecule has 0 bridgehead atoms. The highest BCUT2D eigenvalue weighted by atomic mass is 19.2. The summed E-state index contributed by atoms with van der Waals surface area (Å²) < 4.78 is 54.5. The summed E-state index contributed by atoms with van der Waals surface area (Å²) in [5, 5.41) is 2.86. The number of fused-ring (bicyclic) bond motifs is 2. The molecule has 0 aliphatic carbocycles. The van der Waals surface area contributed by atoms with E-state index in [9.17, 15) is 8.78 Å². The lowest BCUT2D eigenvalue weighted by Crippen LogP contribution is -2.03. The summed E-state index contributed by atoms with van der Waals surface area (Å²) >= 11 is 0. The summed E-state index contributed by atoms with van der Waals surface area (Å²) in [6, 6.07) is 12.7. The van der Waals surface area contributed by atoms with Gasteiger partial charge in [0, 0.05) is 16.5 Å². The molecule has 0 radical (unpaired) electrons. The Balaban J connectivity index is 1.88. The number of nitrogens with zero attached hydrogens (tertiary/aromatic N) is 1. The first-order chi connectivity index (χ1) is 13.5. The van der Waals surface area contributed by atoms with E-state index in [1.54, 1.807) is 42.5 Å². The van der Waals surface area contributed by atoms with Gasteiger partial charge in [0.1, 0.15) is 22.7 Å². The molecule has 0 aliphatic heterocycles. The van der Waals surface area contributed by atoms with Crippen LogP contribution in [0.5, 0.6) is 11.5 Å². The highest BCUT2D eigenvalue weighted by Crippen LogP contribution is 2.34. The van der Waals surface area contributed by atoms with Crippen LogP contribution in [0, 0.1) is 17.5 Å². The van der Waals surface area contributed by atoms with Crippen LogP contribution < -0.4 is 14.8 Å². The van der Waals surface area contributed by atoms with Gasteiger partial charge in [0.05, 0.1) is 19.7 Å². The lowest BCUT2D eigenvalue weighted by atomic mass is 10.1. The minimum atomic E-state index is -1.31. The number of ether oxygens (including phenoxy) is 2. The summed E-state index contributed by atoms with van der Waals surface area (Å²) in [4.78, 5) is 4.19. The van der Waals surface area contributed by atoms with Crippen LogP contribution in [0.1, 0.15) is 0 Å². The number of hydrogen-bond donors (Lipinski definition) is 1. The molecule has 1 heterocycles. The summed E-state index contributed by atoms with van der Waals surface area (Å²) in [5.74, 6) is -2.34. The first-order valence-electron chi connectivity index (χ1n) is 8.38. The molecule has 0 aliphatic rings. The average Bonchev–Trinajstić information content (AvgIpc) is 2.74. The molecule has 7 heteroatoms. The normalized spacial score (nSPS) is 11.0. The number of hydrogen-bond acceptors (Lipinski definition) is 4. The van der Waals surface area contributed by atoms with Crippen molar-refractivity contribution in [1.29, 1.82) is 0 Å². The van der Waals surface area contributed by atoms with Gasteiger partial charge in [0.15, 0.2) is 17.5 Å². The van der Waals surface area contributed by atoms with E-state index in [2.05, 4.69) is 10.3 Å². The van der Waals surface area contributed by atoms with Crippen molar-refractivity contribution in [2.45, 2.75) is 0 Å². The van der Waals surface area contributed by atoms with Gasteiger partial charge in [-0.2, -0.15) is 0 Å². The van der Waals surface area contributed by atoms with Gasteiger partial charge in [-0.1, -0.05) is 0 Å². The van der Waals surface area contributed by atoms with E-state index in [0.29, 0.717) is 28.1 Å². The largest absolute Gasteiger partial charge is 0.497 e. The lowest BCUT2D eigenvalue weighted by molar-refractivity contribution is 0.415. The third kappa shape index (κ3) is 2.94. The van der Waals surface area contributed by atoms with E-state index in [1.165, 1.54) is 20.3 Å². The van der Waals surface area contributed by atoms with Crippen molar-refractivity contribution in [2.75, 3.05) is 19.5 Å². The summed E-state index contributed by atoms with van der Waals surface area (Å²) in [7, 11) is 3.00. The highest BCUT2D eigenvalue weighted by molar-refractivity contribution is 5.95. The summed E-state index contributed by atoms with van der Waals surface area (Å²) in [5.41, 5.74) is -0.0420. The highest BCUT2D eigenvalue weighted by Gasteiger charge is 2.22. The minimum absolute atomic E-state index is 0.240. The van der Waals surface area contributed by atoms with Crippen LogP contribution in [0.4, 0.5) is 24.5 Å². The molecule has 0 saturated carbocycles. The van der Waals surface area contributed by atoms with Crippen LogP contribution in [0.25, 0.3) is 21.8 Å². The molecule has 3 aromatic carbocycles. The second-order valence-corrected chi connectivity index (χ2v) is 6.11. The molecule has 4 nitrogen and oxygen atoms in total. The van der Waals surface area contributed by atoms with Gasteiger partial charge in [0.25, 0.3) is 0 Å². The molecular formula is C21H15F3N2O2. The van der Waals surface area contributed by atoms with Crippen LogP contribution in [-0.4, -0.2) is 19.2 Å². The summed E-state index contributed by atoms with van der Waals surface area (Å²) in [6.45, 7) is 0. The zero-order valence-electron chi connectivity index (χ0n) is 15.0. The van der Waals surface area contributed by atoms with Crippen LogP contribution in [-0.2, 0) is 0 Å². The predicted molar refractivity (Wildman–Crippen MR) is 102 cm³/mol. The van der Waals surface area contributed by atoms with Crippen molar-refractivity contribution >= 4 is 33.2 Å². The number of rotatable bonds is 4. The fraction of sp³-hybridized carbons (Fsp3) is 0.0952. The number of anilines is 2. The van der Waals surface area contributed by atoms with Gasteiger partial charge in [-0.3, -0.25) is 0 Å². The molecule has 0 amide bonds. The topological polar surface area (TPSA) is 43.4 Å². The Morgan fingerprint density at radius 3 is 2.14 bits per heavy atom. The molecular weight excluding hydrogens is 369 g/mol. The maximum absolute atomic E-state index is 15.0. The van der Waals surface area contributed by atoms with Crippen molar-refractivity contribution in [3.63, 3.8) is 0 Å². The third-order valence-electron chi connectivity index (χ3n) is 4.46. The molecule has 0 spiro atoms. The zero-order valence-corrected chi connectivity index (χ0v) is 15.0. The Bertz CT molecular complexity index is 1190. The number of aromatic nitrogens is 1. The van der Waals surface area contributed by atoms with Gasteiger partial charge in [-0.25, -0.2) is 18.2 Å². The van der Waals surface area contributed by atoms with E-state index in [1.807, 2.05) is 0 Å². The monoisotopic (exact) mass is 384 g/mol. The second kappa shape index (κ2) is 6.92. The maximum Gasteiger partial charge on any atom is 0.186 e. The molecule has 28 heavy (non-hydrogen) atoms. The van der Waals surface area contributed by atoms with E-state index in [0.717, 1.165) is 0 Å². The van der Waals surface area contributed by atoms with Crippen LogP contribution >= 0.6 is 0 Å². The minimum Gasteiger partial charge on any atom is -0.497 e. The first-order valence-corrected chi connectivity index (χ1v) is 8.38. The smallest absolute Gasteiger partial charge is 0.186 e. The molecule has 142 valence electrons. The number of pyridine rings is 1. The first kappa shape index (κ1) is 17.9. The third-order valence-corrected chi connectivity index (χ3v) is 4.46. The number of methoxy groups -OCH3 is 2. The Hall–Kier alpha value is -3.48. The molecule has 4 rings (SSSR count). The number of nitrogens with one attached hydrogen (secondary N) is 1. The Labute approximate surface area is 158 Å². The second-order valence-electron chi connectivity index (χ2n) is 6.11. The van der Waals surface area contributed by atoms with Crippen molar-refractivity contribution in [3.05, 3.63) is 66.0 Å². The lowest BCUT2D eigenvalue weighted by Gasteiger charge is -2.13. The van der Waals surface area contributed by atoms with E-state index < -0.39 is 23.1 Å². The zero-order chi connectivity index (χ0) is 19.8. The van der Waals surface area contributed by atoms with Gasteiger partial charge < -0.3 is 14.8 Å². The number of benzene rings is 3. The van der Waals surface area contributed by atoms with Crippen molar-refractivity contribution in [3.8, 4) is 11.5 Å². The van der Waals surface area contributed by atoms with E-state index in [-0.39, 0.29) is 10.9 Å². The molecule has 1 N–H and O–H groups in total. The predicted octanol–water partition coefficient (Wildman–Crippen LogP) is 5.57. The Kier molecular flexibility index (Phi) is 4.43. The van der Waals surface area contributed by atoms with E-state index >= 15 is 4.39 Å². The molecule has 0 atom stereocenters.